The van der Waals surface area contributed by atoms with E-state index in [-0.39, 0.29) is 18.6 Å². The van der Waals surface area contributed by atoms with E-state index < -0.39 is 5.97 Å². The minimum absolute atomic E-state index is 0.120. The number of aryl methyl sites for hydroxylation is 2. The Morgan fingerprint density at radius 1 is 1.17 bits per heavy atom. The molecule has 3 aromatic rings. The number of carbonyl (C=O) groups is 1. The average molecular weight is 494 g/mol. The third kappa shape index (κ3) is 5.24. The highest BCUT2D eigenvalue weighted by Crippen LogP contribution is 2.31. The van der Waals surface area contributed by atoms with E-state index in [4.69, 9.17) is 14.5 Å². The van der Waals surface area contributed by atoms with Crippen LogP contribution in [0.4, 0.5) is 5.82 Å². The standard InChI is InChI=1S/C25H31N7O4/c1-16-21(36-18-7-5-6-17(12-18)25(33)34)9-8-19(28-16)24-20(31(2)30-29-24)14-35-23-13-22(26-15-27-23)32-10-3-4-11-32/h8-9,13,15,17-18H,3-7,10-12,14H2,1-2H3,(H,33,34)/t17-,18-/m0/s1. The molecule has 36 heavy (non-hydrogen) atoms. The van der Waals surface area contributed by atoms with Crippen molar-refractivity contribution in [3.05, 3.63) is 35.9 Å². The summed E-state index contributed by atoms with van der Waals surface area (Å²) in [7, 11) is 1.82. The molecule has 0 amide bonds. The molecule has 0 spiro atoms. The number of rotatable bonds is 8. The van der Waals surface area contributed by atoms with Crippen molar-refractivity contribution in [2.45, 2.75) is 58.2 Å². The number of hydrogen-bond acceptors (Lipinski definition) is 9. The maximum absolute atomic E-state index is 11.4. The Morgan fingerprint density at radius 3 is 2.78 bits per heavy atom. The maximum Gasteiger partial charge on any atom is 0.306 e. The van der Waals surface area contributed by atoms with Gasteiger partial charge in [-0.05, 0) is 57.6 Å². The van der Waals surface area contributed by atoms with Crippen LogP contribution in [0.1, 0.15) is 49.9 Å². The van der Waals surface area contributed by atoms with Gasteiger partial charge in [0.15, 0.2) is 0 Å². The van der Waals surface area contributed by atoms with Gasteiger partial charge in [-0.15, -0.1) is 5.10 Å². The van der Waals surface area contributed by atoms with Gasteiger partial charge in [0.2, 0.25) is 5.88 Å². The van der Waals surface area contributed by atoms with E-state index in [0.29, 0.717) is 41.6 Å². The monoisotopic (exact) mass is 493 g/mol. The first kappa shape index (κ1) is 24.0. The molecule has 5 rings (SSSR count). The predicted octanol–water partition coefficient (Wildman–Crippen LogP) is 3.18. The second-order valence-corrected chi connectivity index (χ2v) is 9.43. The van der Waals surface area contributed by atoms with Gasteiger partial charge in [-0.25, -0.2) is 19.6 Å². The van der Waals surface area contributed by atoms with Crippen molar-refractivity contribution < 1.29 is 19.4 Å². The Hall–Kier alpha value is -3.76. The molecule has 2 aliphatic rings. The molecule has 4 heterocycles. The lowest BCUT2D eigenvalue weighted by molar-refractivity contribution is -0.143. The van der Waals surface area contributed by atoms with Gasteiger partial charge in [0.25, 0.3) is 0 Å². The number of anilines is 1. The Balaban J connectivity index is 1.28. The van der Waals surface area contributed by atoms with Gasteiger partial charge in [-0.3, -0.25) is 4.79 Å². The lowest BCUT2D eigenvalue weighted by Crippen LogP contribution is -2.29. The van der Waals surface area contributed by atoms with Crippen molar-refractivity contribution >= 4 is 11.8 Å². The summed E-state index contributed by atoms with van der Waals surface area (Å²) in [6, 6.07) is 5.58. The van der Waals surface area contributed by atoms with Gasteiger partial charge in [-0.1, -0.05) is 5.21 Å². The molecule has 0 unspecified atom stereocenters. The Morgan fingerprint density at radius 2 is 2.00 bits per heavy atom. The van der Waals surface area contributed by atoms with Crippen LogP contribution in [0.2, 0.25) is 0 Å². The number of carboxylic acid groups (broad SMARTS) is 1. The first-order valence-electron chi connectivity index (χ1n) is 12.4. The van der Waals surface area contributed by atoms with Crippen LogP contribution in [0.5, 0.6) is 11.6 Å². The summed E-state index contributed by atoms with van der Waals surface area (Å²) in [4.78, 5) is 27.0. The smallest absolute Gasteiger partial charge is 0.306 e. The fourth-order valence-corrected chi connectivity index (χ4v) is 4.87. The topological polar surface area (TPSA) is 128 Å². The Labute approximate surface area is 209 Å². The molecular formula is C25H31N7O4. The summed E-state index contributed by atoms with van der Waals surface area (Å²) >= 11 is 0. The Bertz CT molecular complexity index is 1220. The first-order chi connectivity index (χ1) is 17.5. The van der Waals surface area contributed by atoms with Crippen LogP contribution in [0.25, 0.3) is 11.4 Å². The zero-order chi connectivity index (χ0) is 25.1. The van der Waals surface area contributed by atoms with Gasteiger partial charge in [0.1, 0.15) is 35.9 Å². The van der Waals surface area contributed by atoms with E-state index in [0.717, 1.165) is 37.4 Å². The molecule has 1 aliphatic heterocycles. The number of ether oxygens (including phenoxy) is 2. The summed E-state index contributed by atoms with van der Waals surface area (Å²) in [5, 5.41) is 17.8. The third-order valence-electron chi connectivity index (χ3n) is 6.91. The molecule has 1 saturated carbocycles. The zero-order valence-corrected chi connectivity index (χ0v) is 20.6. The van der Waals surface area contributed by atoms with E-state index >= 15 is 0 Å². The normalized spacial score (nSPS) is 19.9. The SMILES string of the molecule is Cc1nc(-c2nnn(C)c2COc2cc(N3CCCC3)ncn2)ccc1O[C@H]1CCC[C@H](C(=O)O)C1. The van der Waals surface area contributed by atoms with E-state index in [1.807, 2.05) is 32.2 Å². The highest BCUT2D eigenvalue weighted by molar-refractivity contribution is 5.70. The predicted molar refractivity (Wildman–Crippen MR) is 131 cm³/mol. The molecule has 0 radical (unpaired) electrons. The van der Waals surface area contributed by atoms with Gasteiger partial charge in [-0.2, -0.15) is 0 Å². The molecule has 11 heteroatoms. The fourth-order valence-electron chi connectivity index (χ4n) is 4.87. The van der Waals surface area contributed by atoms with Crippen LogP contribution in [-0.2, 0) is 18.4 Å². The van der Waals surface area contributed by atoms with Crippen LogP contribution in [0, 0.1) is 12.8 Å². The lowest BCUT2D eigenvalue weighted by atomic mass is 9.87. The van der Waals surface area contributed by atoms with E-state index in [2.05, 4.69) is 25.2 Å². The molecule has 190 valence electrons. The van der Waals surface area contributed by atoms with Gasteiger partial charge < -0.3 is 19.5 Å². The molecule has 2 atom stereocenters. The molecule has 3 aromatic heterocycles. The van der Waals surface area contributed by atoms with Crippen LogP contribution < -0.4 is 14.4 Å². The van der Waals surface area contributed by atoms with Crippen molar-refractivity contribution in [2.75, 3.05) is 18.0 Å². The highest BCUT2D eigenvalue weighted by atomic mass is 16.5. The zero-order valence-electron chi connectivity index (χ0n) is 20.6. The molecule has 0 bridgehead atoms. The van der Waals surface area contributed by atoms with Crippen LogP contribution in [0.3, 0.4) is 0 Å². The van der Waals surface area contributed by atoms with E-state index in [1.54, 1.807) is 4.68 Å². The van der Waals surface area contributed by atoms with Crippen LogP contribution >= 0.6 is 0 Å². The minimum atomic E-state index is -0.750. The number of aliphatic carboxylic acids is 1. The summed E-state index contributed by atoms with van der Waals surface area (Å²) in [5.74, 6) is 0.937. The second kappa shape index (κ2) is 10.5. The summed E-state index contributed by atoms with van der Waals surface area (Å²) in [5.41, 5.74) is 2.78. The number of nitrogens with zero attached hydrogens (tertiary/aromatic N) is 7. The summed E-state index contributed by atoms with van der Waals surface area (Å²) in [6.45, 7) is 4.10. The highest BCUT2D eigenvalue weighted by Gasteiger charge is 2.28. The number of hydrogen-bond donors (Lipinski definition) is 1. The molecular weight excluding hydrogens is 462 g/mol. The fraction of sp³-hybridized carbons (Fsp3) is 0.520. The summed E-state index contributed by atoms with van der Waals surface area (Å²) < 4.78 is 13.8. The van der Waals surface area contributed by atoms with Gasteiger partial charge >= 0.3 is 5.97 Å². The van der Waals surface area contributed by atoms with Crippen molar-refractivity contribution in [3.63, 3.8) is 0 Å². The minimum Gasteiger partial charge on any atom is -0.489 e. The van der Waals surface area contributed by atoms with Crippen molar-refractivity contribution in [2.24, 2.45) is 13.0 Å². The largest absolute Gasteiger partial charge is 0.489 e. The van der Waals surface area contributed by atoms with Gasteiger partial charge in [0.05, 0.1) is 23.4 Å². The van der Waals surface area contributed by atoms with E-state index in [1.165, 1.54) is 19.2 Å². The van der Waals surface area contributed by atoms with Crippen molar-refractivity contribution in [1.82, 2.24) is 29.9 Å². The lowest BCUT2D eigenvalue weighted by Gasteiger charge is -2.27. The Kier molecular flexibility index (Phi) is 6.97. The second-order valence-electron chi connectivity index (χ2n) is 9.43. The van der Waals surface area contributed by atoms with Crippen molar-refractivity contribution in [1.29, 1.82) is 0 Å². The quantitative estimate of drug-likeness (QED) is 0.499. The molecule has 1 aliphatic carbocycles. The molecule has 1 saturated heterocycles. The van der Waals surface area contributed by atoms with Crippen molar-refractivity contribution in [3.8, 4) is 23.0 Å². The first-order valence-corrected chi connectivity index (χ1v) is 12.4. The van der Waals surface area contributed by atoms with Crippen LogP contribution in [-0.4, -0.2) is 60.2 Å². The molecule has 0 aromatic carbocycles. The molecule has 2 fully saturated rings. The molecule has 1 N–H and O–H groups in total. The number of aromatic nitrogens is 6. The average Bonchev–Trinajstić information content (AvgIpc) is 3.55. The summed E-state index contributed by atoms with van der Waals surface area (Å²) in [6.07, 6.45) is 6.67. The molecule has 11 nitrogen and oxygen atoms in total. The number of carboxylic acids is 1. The third-order valence-corrected chi connectivity index (χ3v) is 6.91. The maximum atomic E-state index is 11.4. The number of pyridine rings is 1. The van der Waals surface area contributed by atoms with Crippen LogP contribution in [0.15, 0.2) is 24.5 Å². The van der Waals surface area contributed by atoms with Gasteiger partial charge in [0, 0.05) is 26.2 Å². The van der Waals surface area contributed by atoms with E-state index in [9.17, 15) is 9.90 Å².